The van der Waals surface area contributed by atoms with Gasteiger partial charge in [0.2, 0.25) is 5.91 Å². The summed E-state index contributed by atoms with van der Waals surface area (Å²) >= 11 is 0. The van der Waals surface area contributed by atoms with Crippen LogP contribution in [0, 0.1) is 6.92 Å². The summed E-state index contributed by atoms with van der Waals surface area (Å²) in [5.74, 6) is 1.33. The van der Waals surface area contributed by atoms with E-state index in [1.165, 1.54) is 7.11 Å². The van der Waals surface area contributed by atoms with Crippen LogP contribution in [0.3, 0.4) is 0 Å². The zero-order valence-corrected chi connectivity index (χ0v) is 16.2. The van der Waals surface area contributed by atoms with E-state index in [4.69, 9.17) is 9.15 Å². The van der Waals surface area contributed by atoms with Crippen molar-refractivity contribution < 1.29 is 18.7 Å². The highest BCUT2D eigenvalue weighted by Gasteiger charge is 2.24. The van der Waals surface area contributed by atoms with Crippen LogP contribution in [0.25, 0.3) is 0 Å². The minimum absolute atomic E-state index is 0.00912. The third-order valence-corrected chi connectivity index (χ3v) is 4.65. The number of nitrogens with zero attached hydrogens (tertiary/aromatic N) is 1. The molecule has 2 heterocycles. The van der Waals surface area contributed by atoms with Gasteiger partial charge in [0.05, 0.1) is 13.7 Å². The third kappa shape index (κ3) is 4.33. The Morgan fingerprint density at radius 2 is 2.14 bits per heavy atom. The number of hydrogen-bond acceptors (Lipinski definition) is 5. The Hall–Kier alpha value is -3.29. The number of carbonyl (C=O) groups excluding carboxylic acids is 2. The molecule has 0 saturated heterocycles. The summed E-state index contributed by atoms with van der Waals surface area (Å²) in [5, 5.41) is 9.30. The Balaban J connectivity index is 1.59. The number of esters is 1. The molecule has 2 aromatic rings. The third-order valence-electron chi connectivity index (χ3n) is 4.65. The molecule has 148 valence electrons. The maximum Gasteiger partial charge on any atom is 0.341 e. The molecular formula is C20H24N4O4. The van der Waals surface area contributed by atoms with Gasteiger partial charge >= 0.3 is 5.97 Å². The number of amides is 1. The number of hydrogen-bond donors (Lipinski definition) is 3. The van der Waals surface area contributed by atoms with Gasteiger partial charge in [0.1, 0.15) is 17.1 Å². The van der Waals surface area contributed by atoms with Crippen LogP contribution in [0.1, 0.15) is 39.8 Å². The number of para-hydroxylation sites is 1. The van der Waals surface area contributed by atoms with Gasteiger partial charge < -0.3 is 25.1 Å². The molecule has 1 aliphatic heterocycles. The summed E-state index contributed by atoms with van der Waals surface area (Å²) in [6.07, 6.45) is 0.418. The van der Waals surface area contributed by atoms with E-state index < -0.39 is 5.97 Å². The minimum Gasteiger partial charge on any atom is -0.465 e. The molecule has 0 spiro atoms. The molecule has 0 saturated carbocycles. The summed E-state index contributed by atoms with van der Waals surface area (Å²) in [5.41, 5.74) is 2.37. The van der Waals surface area contributed by atoms with Gasteiger partial charge in [-0.2, -0.15) is 0 Å². The molecule has 0 aliphatic carbocycles. The number of furan rings is 1. The van der Waals surface area contributed by atoms with Gasteiger partial charge in [0, 0.05) is 31.6 Å². The lowest BCUT2D eigenvalue weighted by molar-refractivity contribution is -0.116. The molecule has 1 amide bonds. The van der Waals surface area contributed by atoms with Crippen molar-refractivity contribution in [3.05, 3.63) is 53.0 Å². The van der Waals surface area contributed by atoms with Crippen LogP contribution in [0.5, 0.6) is 0 Å². The lowest BCUT2D eigenvalue weighted by Crippen LogP contribution is -2.40. The lowest BCUT2D eigenvalue weighted by Gasteiger charge is -2.26. The fourth-order valence-corrected chi connectivity index (χ4v) is 3.24. The fraction of sp³-hybridized carbons (Fsp3) is 0.350. The first-order valence-corrected chi connectivity index (χ1v) is 9.02. The normalized spacial score (nSPS) is 16.2. The topological polar surface area (TPSA) is 105 Å². The van der Waals surface area contributed by atoms with Crippen LogP contribution >= 0.6 is 0 Å². The van der Waals surface area contributed by atoms with E-state index in [-0.39, 0.29) is 11.8 Å². The van der Waals surface area contributed by atoms with E-state index in [9.17, 15) is 9.59 Å². The van der Waals surface area contributed by atoms with Crippen LogP contribution in [0.15, 0.2) is 39.7 Å². The second kappa shape index (κ2) is 8.60. The summed E-state index contributed by atoms with van der Waals surface area (Å²) in [4.78, 5) is 27.8. The van der Waals surface area contributed by atoms with Gasteiger partial charge in [-0.1, -0.05) is 18.2 Å². The van der Waals surface area contributed by atoms with Crippen molar-refractivity contribution in [2.45, 2.75) is 25.8 Å². The summed E-state index contributed by atoms with van der Waals surface area (Å²) in [6, 6.07) is 9.46. The predicted molar refractivity (Wildman–Crippen MR) is 105 cm³/mol. The number of anilines is 1. The monoisotopic (exact) mass is 384 g/mol. The molecule has 8 nitrogen and oxygen atoms in total. The Kier molecular flexibility index (Phi) is 5.98. The Morgan fingerprint density at radius 1 is 1.36 bits per heavy atom. The van der Waals surface area contributed by atoms with Crippen molar-refractivity contribution in [1.29, 1.82) is 0 Å². The Bertz CT molecular complexity index is 903. The highest BCUT2D eigenvalue weighted by Crippen LogP contribution is 2.31. The number of carbonyl (C=O) groups is 2. The van der Waals surface area contributed by atoms with Crippen LogP contribution < -0.4 is 16.0 Å². The maximum absolute atomic E-state index is 11.9. The van der Waals surface area contributed by atoms with E-state index in [2.05, 4.69) is 20.9 Å². The molecule has 0 radical (unpaired) electrons. The number of nitrogens with one attached hydrogen (secondary N) is 3. The van der Waals surface area contributed by atoms with E-state index in [0.717, 1.165) is 11.3 Å². The van der Waals surface area contributed by atoms with Gasteiger partial charge in [0.15, 0.2) is 5.96 Å². The highest BCUT2D eigenvalue weighted by molar-refractivity contribution is 5.95. The molecule has 3 rings (SSSR count). The van der Waals surface area contributed by atoms with Crippen molar-refractivity contribution in [1.82, 2.24) is 10.6 Å². The molecule has 1 aliphatic rings. The zero-order chi connectivity index (χ0) is 20.1. The van der Waals surface area contributed by atoms with Crippen molar-refractivity contribution in [2.24, 2.45) is 4.99 Å². The second-order valence-corrected chi connectivity index (χ2v) is 6.52. The number of aryl methyl sites for hydroxylation is 1. The highest BCUT2D eigenvalue weighted by atomic mass is 16.5. The molecule has 1 aromatic carbocycles. The van der Waals surface area contributed by atoms with E-state index in [1.807, 2.05) is 24.3 Å². The molecule has 0 fully saturated rings. The van der Waals surface area contributed by atoms with Gasteiger partial charge in [0.25, 0.3) is 0 Å². The first kappa shape index (κ1) is 19.5. The van der Waals surface area contributed by atoms with E-state index in [0.29, 0.717) is 42.6 Å². The van der Waals surface area contributed by atoms with Crippen molar-refractivity contribution in [2.75, 3.05) is 26.0 Å². The van der Waals surface area contributed by atoms with Gasteiger partial charge in [-0.25, -0.2) is 4.79 Å². The quantitative estimate of drug-likeness (QED) is 0.415. The van der Waals surface area contributed by atoms with Crippen LogP contribution in [-0.4, -0.2) is 38.5 Å². The lowest BCUT2D eigenvalue weighted by atomic mass is 9.90. The number of fused-ring (bicyclic) bond motifs is 1. The molecule has 8 heteroatoms. The van der Waals surface area contributed by atoms with Crippen molar-refractivity contribution in [3.63, 3.8) is 0 Å². The summed E-state index contributed by atoms with van der Waals surface area (Å²) < 4.78 is 10.3. The number of guanidine groups is 1. The minimum atomic E-state index is -0.427. The fourth-order valence-electron chi connectivity index (χ4n) is 3.24. The number of rotatable bonds is 5. The Labute approximate surface area is 163 Å². The molecule has 28 heavy (non-hydrogen) atoms. The van der Waals surface area contributed by atoms with Gasteiger partial charge in [-0.05, 0) is 24.6 Å². The average Bonchev–Trinajstić information content (AvgIpc) is 3.07. The largest absolute Gasteiger partial charge is 0.465 e. The first-order valence-electron chi connectivity index (χ1n) is 9.02. The van der Waals surface area contributed by atoms with Crippen LogP contribution in [0.2, 0.25) is 0 Å². The zero-order valence-electron chi connectivity index (χ0n) is 16.2. The summed E-state index contributed by atoms with van der Waals surface area (Å²) in [6.45, 7) is 2.64. The smallest absolute Gasteiger partial charge is 0.341 e. The van der Waals surface area contributed by atoms with Gasteiger partial charge in [-0.3, -0.25) is 9.79 Å². The number of aliphatic imine (C=N–C) groups is 1. The number of ether oxygens (including phenoxy) is 1. The maximum atomic E-state index is 11.9. The van der Waals surface area contributed by atoms with Gasteiger partial charge in [-0.15, -0.1) is 0 Å². The number of methoxy groups -OCH3 is 1. The molecular weight excluding hydrogens is 360 g/mol. The van der Waals surface area contributed by atoms with Crippen LogP contribution in [-0.2, 0) is 16.1 Å². The van der Waals surface area contributed by atoms with Crippen LogP contribution in [0.4, 0.5) is 5.69 Å². The molecule has 0 bridgehead atoms. The van der Waals surface area contributed by atoms with Crippen molar-refractivity contribution >= 4 is 23.5 Å². The second-order valence-electron chi connectivity index (χ2n) is 6.52. The number of benzene rings is 1. The van der Waals surface area contributed by atoms with E-state index in [1.54, 1.807) is 20.0 Å². The molecule has 3 N–H and O–H groups in total. The SMILES string of the molecule is CN=C(NCc1cc(C(=O)OC)c(C)o1)NCC1CC(=O)Nc2ccccc21. The van der Waals surface area contributed by atoms with E-state index >= 15 is 0 Å². The van der Waals surface area contributed by atoms with Crippen molar-refractivity contribution in [3.8, 4) is 0 Å². The molecule has 1 atom stereocenters. The molecule has 1 unspecified atom stereocenters. The predicted octanol–water partition coefficient (Wildman–Crippen LogP) is 2.17. The average molecular weight is 384 g/mol. The standard InChI is InChI=1S/C20H24N4O4/c1-12-16(19(26)27-3)9-14(28-12)11-23-20(21-2)22-10-13-8-18(25)24-17-7-5-4-6-15(13)17/h4-7,9,13H,8,10-11H2,1-3H3,(H,24,25)(H2,21,22,23). The summed E-state index contributed by atoms with van der Waals surface area (Å²) in [7, 11) is 3.01. The Morgan fingerprint density at radius 3 is 2.89 bits per heavy atom. The molecule has 1 aromatic heterocycles. The first-order chi connectivity index (χ1) is 13.5.